The van der Waals surface area contributed by atoms with Crippen molar-refractivity contribution in [3.63, 3.8) is 0 Å². The van der Waals surface area contributed by atoms with Crippen molar-refractivity contribution in [1.29, 1.82) is 0 Å². The van der Waals surface area contributed by atoms with Crippen LogP contribution in [0.3, 0.4) is 0 Å². The minimum absolute atomic E-state index is 0.110. The Hall–Kier alpha value is -2.21. The third-order valence-electron chi connectivity index (χ3n) is 2.77. The Morgan fingerprint density at radius 2 is 2.20 bits per heavy atom. The van der Waals surface area contributed by atoms with Gasteiger partial charge in [-0.15, -0.1) is 0 Å². The van der Waals surface area contributed by atoms with Crippen molar-refractivity contribution in [3.8, 4) is 5.82 Å². The van der Waals surface area contributed by atoms with E-state index in [4.69, 9.17) is 5.73 Å². The average molecular weight is 273 g/mol. The predicted molar refractivity (Wildman–Crippen MR) is 77.7 cm³/mol. The highest BCUT2D eigenvalue weighted by Gasteiger charge is 2.07. The van der Waals surface area contributed by atoms with Gasteiger partial charge < -0.3 is 11.1 Å². The number of amides is 1. The number of hydrogen-bond donors (Lipinski definition) is 2. The second-order valence-corrected chi connectivity index (χ2v) is 4.97. The van der Waals surface area contributed by atoms with Crippen LogP contribution >= 0.6 is 0 Å². The summed E-state index contributed by atoms with van der Waals surface area (Å²) >= 11 is 0. The first-order chi connectivity index (χ1) is 9.45. The zero-order valence-corrected chi connectivity index (χ0v) is 11.9. The topological polar surface area (TPSA) is 85.8 Å². The molecule has 1 amide bonds. The van der Waals surface area contributed by atoms with Crippen LogP contribution in [0.4, 0.5) is 5.69 Å². The molecule has 0 radical (unpaired) electrons. The molecule has 20 heavy (non-hydrogen) atoms. The van der Waals surface area contributed by atoms with Crippen molar-refractivity contribution in [2.45, 2.75) is 33.2 Å². The van der Waals surface area contributed by atoms with Crippen molar-refractivity contribution < 1.29 is 4.79 Å². The molecule has 0 fully saturated rings. The number of rotatable bonds is 4. The van der Waals surface area contributed by atoms with E-state index in [9.17, 15) is 4.79 Å². The third kappa shape index (κ3) is 3.42. The number of aromatic nitrogens is 3. The van der Waals surface area contributed by atoms with Crippen LogP contribution in [0.2, 0.25) is 0 Å². The summed E-state index contributed by atoms with van der Waals surface area (Å²) < 4.78 is 1.77. The lowest BCUT2D eigenvalue weighted by Crippen LogP contribution is -2.24. The van der Waals surface area contributed by atoms with Crippen molar-refractivity contribution in [3.05, 3.63) is 35.8 Å². The lowest BCUT2D eigenvalue weighted by molar-refractivity contribution is -0.116. The largest absolute Gasteiger partial charge is 0.327 e. The molecule has 1 unspecified atom stereocenters. The molecule has 2 aromatic heterocycles. The van der Waals surface area contributed by atoms with E-state index in [1.807, 2.05) is 26.0 Å². The highest BCUT2D eigenvalue weighted by Crippen LogP contribution is 2.12. The first-order valence-corrected chi connectivity index (χ1v) is 6.51. The molecule has 2 aromatic rings. The van der Waals surface area contributed by atoms with Crippen LogP contribution in [-0.2, 0) is 4.79 Å². The van der Waals surface area contributed by atoms with Gasteiger partial charge >= 0.3 is 0 Å². The van der Waals surface area contributed by atoms with Crippen molar-refractivity contribution in [1.82, 2.24) is 14.8 Å². The quantitative estimate of drug-likeness (QED) is 0.885. The summed E-state index contributed by atoms with van der Waals surface area (Å²) in [6.07, 6.45) is 1.91. The number of nitrogens with zero attached hydrogens (tertiary/aromatic N) is 3. The van der Waals surface area contributed by atoms with Crippen LogP contribution in [0, 0.1) is 13.8 Å². The molecule has 0 saturated carbocycles. The summed E-state index contributed by atoms with van der Waals surface area (Å²) in [7, 11) is 0. The van der Waals surface area contributed by atoms with E-state index in [0.29, 0.717) is 12.1 Å². The van der Waals surface area contributed by atoms with Gasteiger partial charge in [0.25, 0.3) is 0 Å². The molecule has 0 aliphatic carbocycles. The van der Waals surface area contributed by atoms with Gasteiger partial charge in [-0.05, 0) is 39.0 Å². The lowest BCUT2D eigenvalue weighted by Gasteiger charge is -2.08. The van der Waals surface area contributed by atoms with Gasteiger partial charge in [-0.1, -0.05) is 0 Å². The number of carbonyl (C=O) groups excluding carboxylic acids is 1. The summed E-state index contributed by atoms with van der Waals surface area (Å²) in [4.78, 5) is 15.9. The van der Waals surface area contributed by atoms with Crippen molar-refractivity contribution >= 4 is 11.6 Å². The Kier molecular flexibility index (Phi) is 4.14. The van der Waals surface area contributed by atoms with E-state index in [-0.39, 0.29) is 11.9 Å². The van der Waals surface area contributed by atoms with E-state index in [1.54, 1.807) is 23.9 Å². The number of anilines is 1. The van der Waals surface area contributed by atoms with Gasteiger partial charge in [-0.2, -0.15) is 5.10 Å². The van der Waals surface area contributed by atoms with E-state index in [2.05, 4.69) is 15.4 Å². The number of aryl methyl sites for hydroxylation is 2. The van der Waals surface area contributed by atoms with Crippen LogP contribution in [0.15, 0.2) is 24.4 Å². The van der Waals surface area contributed by atoms with Gasteiger partial charge in [0.1, 0.15) is 0 Å². The van der Waals surface area contributed by atoms with Crippen molar-refractivity contribution in [2.75, 3.05) is 5.32 Å². The smallest absolute Gasteiger partial charge is 0.225 e. The summed E-state index contributed by atoms with van der Waals surface area (Å²) in [6, 6.07) is 5.45. The van der Waals surface area contributed by atoms with E-state index in [0.717, 1.165) is 17.2 Å². The molecule has 0 bridgehead atoms. The molecule has 0 aliphatic rings. The number of nitrogens with two attached hydrogens (primary N) is 1. The van der Waals surface area contributed by atoms with E-state index < -0.39 is 0 Å². The minimum atomic E-state index is -0.156. The predicted octanol–water partition coefficient (Wildman–Crippen LogP) is 1.56. The molecule has 0 aliphatic heterocycles. The fraction of sp³-hybridized carbons (Fsp3) is 0.357. The normalized spacial score (nSPS) is 12.2. The van der Waals surface area contributed by atoms with Crippen LogP contribution in [0.1, 0.15) is 24.7 Å². The molecule has 0 saturated heterocycles. The first-order valence-electron chi connectivity index (χ1n) is 6.51. The summed E-state index contributed by atoms with van der Waals surface area (Å²) in [5.41, 5.74) is 8.19. The molecular formula is C14H19N5O. The molecule has 0 spiro atoms. The number of hydrogen-bond acceptors (Lipinski definition) is 4. The Morgan fingerprint density at radius 1 is 1.45 bits per heavy atom. The Balaban J connectivity index is 2.10. The maximum absolute atomic E-state index is 11.6. The molecule has 6 heteroatoms. The van der Waals surface area contributed by atoms with Crippen LogP contribution in [0.5, 0.6) is 0 Å². The van der Waals surface area contributed by atoms with Crippen molar-refractivity contribution in [2.24, 2.45) is 5.73 Å². The molecule has 106 valence electrons. The van der Waals surface area contributed by atoms with Gasteiger partial charge in [0.05, 0.1) is 17.6 Å². The van der Waals surface area contributed by atoms with Crippen LogP contribution in [-0.4, -0.2) is 26.7 Å². The van der Waals surface area contributed by atoms with Gasteiger partial charge in [-0.25, -0.2) is 9.67 Å². The fourth-order valence-electron chi connectivity index (χ4n) is 1.95. The Bertz CT molecular complexity index is 601. The number of carbonyl (C=O) groups is 1. The third-order valence-corrected chi connectivity index (χ3v) is 2.77. The van der Waals surface area contributed by atoms with Gasteiger partial charge in [0, 0.05) is 18.2 Å². The van der Waals surface area contributed by atoms with Crippen LogP contribution < -0.4 is 11.1 Å². The number of nitrogens with one attached hydrogen (secondary N) is 1. The fourth-order valence-corrected chi connectivity index (χ4v) is 1.95. The van der Waals surface area contributed by atoms with Gasteiger partial charge in [0.2, 0.25) is 5.91 Å². The Labute approximate surface area is 118 Å². The van der Waals surface area contributed by atoms with Gasteiger partial charge in [0.15, 0.2) is 5.82 Å². The standard InChI is InChI=1S/C14H19N5O/c1-9(15)6-14(20)17-12-4-5-13(16-8-12)19-11(3)7-10(2)18-19/h4-5,7-9H,6,15H2,1-3H3,(H,17,20). The van der Waals surface area contributed by atoms with E-state index in [1.165, 1.54) is 0 Å². The molecule has 1 atom stereocenters. The SMILES string of the molecule is Cc1cc(C)n(-c2ccc(NC(=O)CC(C)N)cn2)n1. The molecule has 3 N–H and O–H groups in total. The maximum Gasteiger partial charge on any atom is 0.225 e. The average Bonchev–Trinajstić information content (AvgIpc) is 2.68. The zero-order chi connectivity index (χ0) is 14.7. The second kappa shape index (κ2) is 5.83. The summed E-state index contributed by atoms with van der Waals surface area (Å²) in [5.74, 6) is 0.612. The molecular weight excluding hydrogens is 254 g/mol. The van der Waals surface area contributed by atoms with Crippen LogP contribution in [0.25, 0.3) is 5.82 Å². The monoisotopic (exact) mass is 273 g/mol. The molecule has 0 aromatic carbocycles. The summed E-state index contributed by atoms with van der Waals surface area (Å²) in [5, 5.41) is 7.12. The molecule has 2 rings (SSSR count). The lowest BCUT2D eigenvalue weighted by atomic mass is 10.2. The minimum Gasteiger partial charge on any atom is -0.327 e. The zero-order valence-electron chi connectivity index (χ0n) is 11.9. The summed E-state index contributed by atoms with van der Waals surface area (Å²) in [6.45, 7) is 5.70. The van der Waals surface area contributed by atoms with E-state index >= 15 is 0 Å². The highest BCUT2D eigenvalue weighted by molar-refractivity contribution is 5.90. The Morgan fingerprint density at radius 3 is 2.70 bits per heavy atom. The first kappa shape index (κ1) is 14.2. The highest BCUT2D eigenvalue weighted by atomic mass is 16.1. The molecule has 6 nitrogen and oxygen atoms in total. The van der Waals surface area contributed by atoms with Gasteiger partial charge in [-0.3, -0.25) is 4.79 Å². The number of pyridine rings is 1. The maximum atomic E-state index is 11.6. The second-order valence-electron chi connectivity index (χ2n) is 4.97. The molecule has 2 heterocycles.